The molecule has 5 rings (SSSR count). The molecule has 2 aliphatic heterocycles. The van der Waals surface area contributed by atoms with Gasteiger partial charge in [0, 0.05) is 55.6 Å². The zero-order chi connectivity index (χ0) is 38.3. The predicted molar refractivity (Wildman–Crippen MR) is 197 cm³/mol. The van der Waals surface area contributed by atoms with Crippen molar-refractivity contribution in [3.05, 3.63) is 81.0 Å². The molecule has 53 heavy (non-hydrogen) atoms. The summed E-state index contributed by atoms with van der Waals surface area (Å²) in [5.41, 5.74) is 4.04. The van der Waals surface area contributed by atoms with Crippen LogP contribution >= 0.6 is 0 Å². The van der Waals surface area contributed by atoms with Crippen LogP contribution in [-0.2, 0) is 23.2 Å². The summed E-state index contributed by atoms with van der Waals surface area (Å²) in [5, 5.41) is 5.55. The fourth-order valence-electron chi connectivity index (χ4n) is 7.59. The van der Waals surface area contributed by atoms with E-state index >= 15 is 4.39 Å². The van der Waals surface area contributed by atoms with Gasteiger partial charge in [-0.3, -0.25) is 14.5 Å². The zero-order valence-electron chi connectivity index (χ0n) is 31.0. The lowest BCUT2D eigenvalue weighted by molar-refractivity contribution is -0.275. The Bertz CT molecular complexity index is 1800. The number of hydrogen-bond acceptors (Lipinski definition) is 7. The number of amides is 1. The maximum Gasteiger partial charge on any atom is 0.573 e. The first-order chi connectivity index (χ1) is 25.2. The van der Waals surface area contributed by atoms with E-state index in [1.807, 2.05) is 0 Å². The summed E-state index contributed by atoms with van der Waals surface area (Å²) in [6.07, 6.45) is 2.75. The smallest absolute Gasteiger partial charge is 0.405 e. The molecule has 1 aromatic heterocycles. The van der Waals surface area contributed by atoms with E-state index < -0.39 is 12.4 Å². The van der Waals surface area contributed by atoms with Gasteiger partial charge in [0.15, 0.2) is 0 Å². The van der Waals surface area contributed by atoms with E-state index in [1.165, 1.54) is 16.7 Å². The minimum absolute atomic E-state index is 0.119. The number of hydrogen-bond donors (Lipinski definition) is 2. The van der Waals surface area contributed by atoms with Crippen LogP contribution < -0.4 is 20.9 Å². The van der Waals surface area contributed by atoms with Crippen molar-refractivity contribution >= 4 is 17.9 Å². The van der Waals surface area contributed by atoms with Crippen molar-refractivity contribution in [1.82, 2.24) is 19.7 Å². The molecular weight excluding hydrogens is 690 g/mol. The number of aryl methyl sites for hydroxylation is 1. The maximum atomic E-state index is 15.2. The standard InChI is InChI=1S/C40H51F4N5O4/c1-26-27(2)39(52)47(4)24-35(26)30-5-6-31(37(21-30)53-40(42,43)44)23-49-17-12-28(13-18-49)11-16-48-19-14-29(15-20-48)34-9-7-32(22-36(34)41)46-33(25-50)8-10-38(51)45-3/h5-7,9,21-22,24-25,28-29,33,46H,8,10-20,23H2,1-4H3,(H,45,51). The van der Waals surface area contributed by atoms with Crippen LogP contribution in [0.1, 0.15) is 73.1 Å². The molecule has 2 N–H and O–H groups in total. The lowest BCUT2D eigenvalue weighted by atomic mass is 9.88. The SMILES string of the molecule is CNC(=O)CCC(C=O)Nc1ccc(C2CCN(CCC3CCN(Cc4ccc(-c5cn(C)c(=O)c(C)c5C)cc4OC(F)(F)F)CC3)CC2)c(F)c1. The Morgan fingerprint density at radius 3 is 2.34 bits per heavy atom. The molecule has 0 spiro atoms. The van der Waals surface area contributed by atoms with Crippen LogP contribution in [0.5, 0.6) is 5.75 Å². The fourth-order valence-corrected chi connectivity index (χ4v) is 7.59. The Labute approximate surface area is 308 Å². The van der Waals surface area contributed by atoms with Gasteiger partial charge in [0.1, 0.15) is 17.9 Å². The van der Waals surface area contributed by atoms with E-state index in [2.05, 4.69) is 25.2 Å². The first-order valence-corrected chi connectivity index (χ1v) is 18.5. The average molecular weight is 742 g/mol. The van der Waals surface area contributed by atoms with Crippen LogP contribution in [-0.4, -0.2) is 78.7 Å². The van der Waals surface area contributed by atoms with Gasteiger partial charge >= 0.3 is 6.36 Å². The van der Waals surface area contributed by atoms with E-state index in [1.54, 1.807) is 58.4 Å². The summed E-state index contributed by atoms with van der Waals surface area (Å²) in [5.74, 6) is -0.0265. The van der Waals surface area contributed by atoms with E-state index in [0.29, 0.717) is 52.4 Å². The number of halogens is 4. The molecule has 2 aliphatic rings. The van der Waals surface area contributed by atoms with Gasteiger partial charge in [-0.05, 0) is 132 Å². The number of carbonyl (C=O) groups excluding carboxylic acids is 2. The number of alkyl halides is 3. The molecule has 1 amide bonds. The number of aldehydes is 1. The molecular formula is C40H51F4N5O4. The monoisotopic (exact) mass is 741 g/mol. The number of aromatic nitrogens is 1. The molecule has 0 aliphatic carbocycles. The number of rotatable bonds is 14. The Morgan fingerprint density at radius 2 is 1.70 bits per heavy atom. The molecule has 3 heterocycles. The van der Waals surface area contributed by atoms with Crippen molar-refractivity contribution in [3.63, 3.8) is 0 Å². The maximum absolute atomic E-state index is 15.2. The fraction of sp³-hybridized carbons (Fsp3) is 0.525. The highest BCUT2D eigenvalue weighted by molar-refractivity contribution is 5.76. The van der Waals surface area contributed by atoms with Crippen LogP contribution in [0.25, 0.3) is 11.1 Å². The van der Waals surface area contributed by atoms with Gasteiger partial charge < -0.3 is 29.6 Å². The summed E-state index contributed by atoms with van der Waals surface area (Å²) in [4.78, 5) is 40.0. The van der Waals surface area contributed by atoms with Crippen molar-refractivity contribution in [2.75, 3.05) is 45.1 Å². The van der Waals surface area contributed by atoms with Gasteiger partial charge in [0.05, 0.1) is 6.04 Å². The van der Waals surface area contributed by atoms with Crippen molar-refractivity contribution in [2.45, 2.75) is 83.7 Å². The molecule has 0 saturated carbocycles. The third-order valence-electron chi connectivity index (χ3n) is 11.0. The molecule has 13 heteroatoms. The highest BCUT2D eigenvalue weighted by Gasteiger charge is 2.33. The topological polar surface area (TPSA) is 95.9 Å². The number of benzene rings is 2. The van der Waals surface area contributed by atoms with Gasteiger partial charge in [-0.1, -0.05) is 18.2 Å². The number of nitrogens with zero attached hydrogens (tertiary/aromatic N) is 3. The van der Waals surface area contributed by atoms with Crippen molar-refractivity contribution in [2.24, 2.45) is 13.0 Å². The van der Waals surface area contributed by atoms with Crippen LogP contribution in [0.2, 0.25) is 0 Å². The molecule has 1 unspecified atom stereocenters. The quantitative estimate of drug-likeness (QED) is 0.140. The summed E-state index contributed by atoms with van der Waals surface area (Å²) in [6, 6.07) is 9.37. The van der Waals surface area contributed by atoms with Crippen LogP contribution in [0.4, 0.5) is 23.2 Å². The largest absolute Gasteiger partial charge is 0.573 e. The number of piperidine rings is 2. The lowest BCUT2D eigenvalue weighted by Gasteiger charge is -2.35. The first-order valence-electron chi connectivity index (χ1n) is 18.5. The molecule has 0 radical (unpaired) electrons. The normalized spacial score (nSPS) is 17.1. The summed E-state index contributed by atoms with van der Waals surface area (Å²) < 4.78 is 61.6. The lowest BCUT2D eigenvalue weighted by Crippen LogP contribution is -2.37. The summed E-state index contributed by atoms with van der Waals surface area (Å²) in [6.45, 7) is 8.14. The van der Waals surface area contributed by atoms with Crippen LogP contribution in [0, 0.1) is 25.6 Å². The molecule has 2 aromatic carbocycles. The molecule has 1 atom stereocenters. The average Bonchev–Trinajstić information content (AvgIpc) is 3.14. The summed E-state index contributed by atoms with van der Waals surface area (Å²) in [7, 11) is 3.17. The van der Waals surface area contributed by atoms with Crippen LogP contribution in [0.15, 0.2) is 47.4 Å². The van der Waals surface area contributed by atoms with E-state index in [-0.39, 0.29) is 35.4 Å². The van der Waals surface area contributed by atoms with Crippen molar-refractivity contribution in [3.8, 4) is 16.9 Å². The van der Waals surface area contributed by atoms with Gasteiger partial charge in [0.25, 0.3) is 5.56 Å². The van der Waals surface area contributed by atoms with E-state index in [4.69, 9.17) is 0 Å². The Hall–Kier alpha value is -4.23. The number of ether oxygens (including phenoxy) is 1. The highest BCUT2D eigenvalue weighted by Crippen LogP contribution is 2.35. The molecule has 0 bridgehead atoms. The molecule has 9 nitrogen and oxygen atoms in total. The second-order valence-electron chi connectivity index (χ2n) is 14.5. The Kier molecular flexibility index (Phi) is 13.4. The van der Waals surface area contributed by atoms with Crippen molar-refractivity contribution in [1.29, 1.82) is 0 Å². The number of likely N-dealkylation sites (tertiary alicyclic amines) is 2. The second-order valence-corrected chi connectivity index (χ2v) is 14.5. The van der Waals surface area contributed by atoms with Gasteiger partial charge in [0.2, 0.25) is 5.91 Å². The number of carbonyl (C=O) groups is 2. The predicted octanol–water partition coefficient (Wildman–Crippen LogP) is 6.69. The zero-order valence-corrected chi connectivity index (χ0v) is 31.0. The molecule has 3 aromatic rings. The van der Waals surface area contributed by atoms with Gasteiger partial charge in [-0.15, -0.1) is 13.2 Å². The van der Waals surface area contributed by atoms with Crippen molar-refractivity contribution < 1.29 is 31.9 Å². The molecule has 288 valence electrons. The second kappa shape index (κ2) is 17.7. The first kappa shape index (κ1) is 40.0. The summed E-state index contributed by atoms with van der Waals surface area (Å²) >= 11 is 0. The van der Waals surface area contributed by atoms with Crippen LogP contribution in [0.3, 0.4) is 0 Å². The number of anilines is 1. The van der Waals surface area contributed by atoms with Gasteiger partial charge in [-0.2, -0.15) is 0 Å². The number of pyridine rings is 1. The van der Waals surface area contributed by atoms with Gasteiger partial charge in [-0.25, -0.2) is 4.39 Å². The van der Waals surface area contributed by atoms with E-state index in [0.717, 1.165) is 76.7 Å². The molecule has 2 saturated heterocycles. The minimum Gasteiger partial charge on any atom is -0.405 e. The van der Waals surface area contributed by atoms with E-state index in [9.17, 15) is 27.6 Å². The highest BCUT2D eigenvalue weighted by atomic mass is 19.4. The Balaban J connectivity index is 1.09. The molecule has 2 fully saturated rings. The minimum atomic E-state index is -4.84. The number of nitrogens with one attached hydrogen (secondary N) is 2. The third kappa shape index (κ3) is 10.7. The third-order valence-corrected chi connectivity index (χ3v) is 11.0. The Morgan fingerprint density at radius 1 is 1.00 bits per heavy atom.